The molecule has 0 bridgehead atoms. The second-order valence-corrected chi connectivity index (χ2v) is 8.32. The van der Waals surface area contributed by atoms with E-state index in [2.05, 4.69) is 19.2 Å². The first-order valence-corrected chi connectivity index (χ1v) is 11.6. The van der Waals surface area contributed by atoms with Gasteiger partial charge in [0.05, 0.1) is 17.5 Å². The maximum absolute atomic E-state index is 13.0. The van der Waals surface area contributed by atoms with Crippen molar-refractivity contribution in [3.05, 3.63) is 64.9 Å². The lowest BCUT2D eigenvalue weighted by Crippen LogP contribution is -2.35. The molecule has 6 nitrogen and oxygen atoms in total. The summed E-state index contributed by atoms with van der Waals surface area (Å²) in [5, 5.41) is 3.61. The van der Waals surface area contributed by atoms with Crippen LogP contribution in [0, 0.1) is 0 Å². The number of fused-ring (bicyclic) bond motifs is 1. The van der Waals surface area contributed by atoms with E-state index in [0.29, 0.717) is 24.4 Å². The van der Waals surface area contributed by atoms with Crippen molar-refractivity contribution in [2.75, 3.05) is 19.6 Å². The molecule has 1 heterocycles. The first kappa shape index (κ1) is 23.8. The number of nitrogens with one attached hydrogen (secondary N) is 1. The van der Waals surface area contributed by atoms with Gasteiger partial charge in [-0.3, -0.25) is 9.59 Å². The number of carbonyl (C=O) groups is 2. The van der Waals surface area contributed by atoms with E-state index in [1.54, 1.807) is 12.1 Å². The van der Waals surface area contributed by atoms with Gasteiger partial charge >= 0.3 is 0 Å². The number of hydrogen-bond acceptors (Lipinski definition) is 3. The predicted octanol–water partition coefficient (Wildman–Crippen LogP) is 4.24. The molecule has 3 rings (SSSR count). The lowest BCUT2D eigenvalue weighted by Gasteiger charge is -2.22. The molecule has 0 radical (unpaired) electrons. The number of imidazole rings is 1. The first-order chi connectivity index (χ1) is 15.5. The largest absolute Gasteiger partial charge is 0.355 e. The standard InChI is InChI=1S/C25H31ClN4O2/c1-3-15-29(16-4-2)25(32)18-30-22-8-6-5-7-21(22)28-23(30)13-14-27-24(31)17-19-9-11-20(26)12-10-19/h5-12H,3-4,13-18H2,1-2H3,(H,27,31). The zero-order valence-corrected chi connectivity index (χ0v) is 19.6. The number of halogens is 1. The number of carbonyl (C=O) groups excluding carboxylic acids is 2. The van der Waals surface area contributed by atoms with Gasteiger partial charge in [-0.25, -0.2) is 4.98 Å². The van der Waals surface area contributed by atoms with Crippen molar-refractivity contribution in [1.29, 1.82) is 0 Å². The Balaban J connectivity index is 1.67. The van der Waals surface area contributed by atoms with Gasteiger partial charge in [0.1, 0.15) is 12.4 Å². The summed E-state index contributed by atoms with van der Waals surface area (Å²) in [6.45, 7) is 6.40. The van der Waals surface area contributed by atoms with Gasteiger partial charge in [0, 0.05) is 31.1 Å². The van der Waals surface area contributed by atoms with E-state index < -0.39 is 0 Å². The van der Waals surface area contributed by atoms with Crippen molar-refractivity contribution in [2.45, 2.75) is 46.1 Å². The van der Waals surface area contributed by atoms with Crippen LogP contribution < -0.4 is 5.32 Å². The van der Waals surface area contributed by atoms with Crippen molar-refractivity contribution in [3.8, 4) is 0 Å². The molecular weight excluding hydrogens is 424 g/mol. The predicted molar refractivity (Wildman–Crippen MR) is 129 cm³/mol. The number of amides is 2. The fraction of sp³-hybridized carbons (Fsp3) is 0.400. The van der Waals surface area contributed by atoms with Crippen LogP contribution in [0.2, 0.25) is 5.02 Å². The molecule has 0 unspecified atom stereocenters. The highest BCUT2D eigenvalue weighted by Gasteiger charge is 2.17. The van der Waals surface area contributed by atoms with Crippen LogP contribution in [-0.2, 0) is 29.0 Å². The van der Waals surface area contributed by atoms with E-state index >= 15 is 0 Å². The van der Waals surface area contributed by atoms with Crippen LogP contribution in [0.15, 0.2) is 48.5 Å². The zero-order chi connectivity index (χ0) is 22.9. The molecule has 0 fully saturated rings. The molecule has 2 aromatic carbocycles. The lowest BCUT2D eigenvalue weighted by atomic mass is 10.1. The second-order valence-electron chi connectivity index (χ2n) is 7.89. The Morgan fingerprint density at radius 1 is 1.03 bits per heavy atom. The summed E-state index contributed by atoms with van der Waals surface area (Å²) in [4.78, 5) is 32.0. The molecule has 170 valence electrons. The number of aromatic nitrogens is 2. The highest BCUT2D eigenvalue weighted by Crippen LogP contribution is 2.17. The van der Waals surface area contributed by atoms with E-state index in [1.165, 1.54) is 0 Å². The molecule has 0 aliphatic carbocycles. The number of hydrogen-bond donors (Lipinski definition) is 1. The highest BCUT2D eigenvalue weighted by atomic mass is 35.5. The number of para-hydroxylation sites is 2. The molecule has 0 aliphatic rings. The van der Waals surface area contributed by atoms with Crippen molar-refractivity contribution in [3.63, 3.8) is 0 Å². The number of rotatable bonds is 11. The van der Waals surface area contributed by atoms with Gasteiger partial charge < -0.3 is 14.8 Å². The van der Waals surface area contributed by atoms with Gasteiger partial charge in [0.25, 0.3) is 0 Å². The van der Waals surface area contributed by atoms with Crippen LogP contribution in [0.4, 0.5) is 0 Å². The molecule has 7 heteroatoms. The van der Waals surface area contributed by atoms with Crippen LogP contribution in [0.1, 0.15) is 38.1 Å². The third kappa shape index (κ3) is 6.33. The molecule has 0 spiro atoms. The Morgan fingerprint density at radius 3 is 2.41 bits per heavy atom. The Kier molecular flexibility index (Phi) is 8.68. The van der Waals surface area contributed by atoms with Crippen molar-refractivity contribution in [2.24, 2.45) is 0 Å². The molecule has 3 aromatic rings. The van der Waals surface area contributed by atoms with Crippen LogP contribution >= 0.6 is 11.6 Å². The third-order valence-electron chi connectivity index (χ3n) is 5.32. The minimum absolute atomic E-state index is 0.0527. The Morgan fingerprint density at radius 2 is 1.72 bits per heavy atom. The maximum Gasteiger partial charge on any atom is 0.242 e. The Labute approximate surface area is 194 Å². The van der Waals surface area contributed by atoms with Gasteiger partial charge in [0.2, 0.25) is 11.8 Å². The van der Waals surface area contributed by atoms with Crippen LogP contribution in [-0.4, -0.2) is 45.9 Å². The van der Waals surface area contributed by atoms with E-state index in [-0.39, 0.29) is 18.4 Å². The van der Waals surface area contributed by atoms with Gasteiger partial charge in [-0.2, -0.15) is 0 Å². The number of benzene rings is 2. The van der Waals surface area contributed by atoms with Crippen LogP contribution in [0.25, 0.3) is 11.0 Å². The third-order valence-corrected chi connectivity index (χ3v) is 5.57. The zero-order valence-electron chi connectivity index (χ0n) is 18.8. The quantitative estimate of drug-likeness (QED) is 0.471. The molecule has 32 heavy (non-hydrogen) atoms. The number of nitrogens with zero attached hydrogens (tertiary/aromatic N) is 3. The summed E-state index contributed by atoms with van der Waals surface area (Å²) in [5.41, 5.74) is 2.72. The minimum atomic E-state index is -0.0527. The summed E-state index contributed by atoms with van der Waals surface area (Å²) < 4.78 is 1.99. The summed E-state index contributed by atoms with van der Waals surface area (Å²) in [6.07, 6.45) is 2.72. The molecule has 0 aliphatic heterocycles. The van der Waals surface area contributed by atoms with Crippen molar-refractivity contribution >= 4 is 34.4 Å². The average Bonchev–Trinajstić information content (AvgIpc) is 3.12. The molecule has 1 N–H and O–H groups in total. The summed E-state index contributed by atoms with van der Waals surface area (Å²) in [6, 6.07) is 15.1. The van der Waals surface area contributed by atoms with E-state index in [1.807, 2.05) is 45.9 Å². The van der Waals surface area contributed by atoms with E-state index in [4.69, 9.17) is 16.6 Å². The minimum Gasteiger partial charge on any atom is -0.355 e. The molecule has 1 aromatic heterocycles. The van der Waals surface area contributed by atoms with Gasteiger partial charge in [0.15, 0.2) is 0 Å². The molecule has 0 saturated carbocycles. The van der Waals surface area contributed by atoms with Crippen LogP contribution in [0.3, 0.4) is 0 Å². The van der Waals surface area contributed by atoms with Gasteiger partial charge in [-0.15, -0.1) is 0 Å². The van der Waals surface area contributed by atoms with Crippen molar-refractivity contribution < 1.29 is 9.59 Å². The second kappa shape index (κ2) is 11.7. The smallest absolute Gasteiger partial charge is 0.242 e. The highest BCUT2D eigenvalue weighted by molar-refractivity contribution is 6.30. The van der Waals surface area contributed by atoms with E-state index in [9.17, 15) is 9.59 Å². The summed E-state index contributed by atoms with van der Waals surface area (Å²) in [7, 11) is 0. The maximum atomic E-state index is 13.0. The summed E-state index contributed by atoms with van der Waals surface area (Å²) >= 11 is 5.90. The van der Waals surface area contributed by atoms with Crippen LogP contribution in [0.5, 0.6) is 0 Å². The molecule has 0 atom stereocenters. The lowest BCUT2D eigenvalue weighted by molar-refractivity contribution is -0.132. The Bertz CT molecular complexity index is 1040. The van der Waals surface area contributed by atoms with Crippen molar-refractivity contribution in [1.82, 2.24) is 19.8 Å². The Hall–Kier alpha value is -2.86. The van der Waals surface area contributed by atoms with E-state index in [0.717, 1.165) is 48.4 Å². The SMILES string of the molecule is CCCN(CCC)C(=O)Cn1c(CCNC(=O)Cc2ccc(Cl)cc2)nc2ccccc21. The first-order valence-electron chi connectivity index (χ1n) is 11.2. The molecule has 0 saturated heterocycles. The fourth-order valence-corrected chi connectivity index (χ4v) is 3.92. The average molecular weight is 455 g/mol. The topological polar surface area (TPSA) is 67.2 Å². The fourth-order valence-electron chi connectivity index (χ4n) is 3.79. The van der Waals surface area contributed by atoms with Gasteiger partial charge in [-0.1, -0.05) is 49.7 Å². The molecule has 2 amide bonds. The van der Waals surface area contributed by atoms with Gasteiger partial charge in [-0.05, 0) is 42.7 Å². The monoisotopic (exact) mass is 454 g/mol. The molecular formula is C25H31ClN4O2. The normalized spacial score (nSPS) is 11.0. The summed E-state index contributed by atoms with van der Waals surface area (Å²) in [5.74, 6) is 0.854.